The summed E-state index contributed by atoms with van der Waals surface area (Å²) in [5.74, 6) is 0. The first-order valence-electron chi connectivity index (χ1n) is 5.34. The van der Waals surface area contributed by atoms with Crippen LogP contribution in [-0.4, -0.2) is 31.1 Å². The van der Waals surface area contributed by atoms with Gasteiger partial charge in [0.15, 0.2) is 0 Å². The van der Waals surface area contributed by atoms with E-state index in [1.807, 2.05) is 0 Å². The van der Waals surface area contributed by atoms with Crippen molar-refractivity contribution in [2.24, 2.45) is 0 Å². The summed E-state index contributed by atoms with van der Waals surface area (Å²) in [6, 6.07) is 2.75. The Morgan fingerprint density at radius 1 is 1.44 bits per heavy atom. The Kier molecular flexibility index (Phi) is 6.51. The molecule has 92 valence electrons. The molecule has 0 aromatic carbocycles. The minimum absolute atomic E-state index is 0.565. The van der Waals surface area contributed by atoms with Gasteiger partial charge in [-0.15, -0.1) is 11.3 Å². The van der Waals surface area contributed by atoms with Crippen molar-refractivity contribution in [3.63, 3.8) is 0 Å². The predicted molar refractivity (Wildman–Crippen MR) is 79.2 cm³/mol. The largest absolute Gasteiger partial charge is 0.313 e. The minimum atomic E-state index is 0.565. The zero-order chi connectivity index (χ0) is 12.1. The third-order valence-corrected chi connectivity index (χ3v) is 4.68. The van der Waals surface area contributed by atoms with Crippen LogP contribution >= 0.6 is 43.2 Å². The molecule has 0 atom stereocenters. The summed E-state index contributed by atoms with van der Waals surface area (Å²) < 4.78 is 2.41. The number of likely N-dealkylation sites (N-methyl/N-ethyl adjacent to an activating group) is 1. The summed E-state index contributed by atoms with van der Waals surface area (Å²) in [6.45, 7) is 7.44. The summed E-state index contributed by atoms with van der Waals surface area (Å²) in [7, 11) is 2.15. The van der Waals surface area contributed by atoms with E-state index in [0.29, 0.717) is 6.04 Å². The van der Waals surface area contributed by atoms with E-state index in [1.54, 1.807) is 11.3 Å². The van der Waals surface area contributed by atoms with E-state index in [2.05, 4.69) is 69.0 Å². The molecule has 2 nitrogen and oxygen atoms in total. The van der Waals surface area contributed by atoms with Crippen molar-refractivity contribution in [1.29, 1.82) is 0 Å². The zero-order valence-corrected chi connectivity index (χ0v) is 13.9. The van der Waals surface area contributed by atoms with Gasteiger partial charge in [-0.1, -0.05) is 13.8 Å². The molecule has 1 aromatic rings. The monoisotopic (exact) mass is 368 g/mol. The molecule has 0 aliphatic carbocycles. The first-order chi connectivity index (χ1) is 7.49. The molecule has 0 spiro atoms. The van der Waals surface area contributed by atoms with Gasteiger partial charge in [0, 0.05) is 25.7 Å². The lowest BCUT2D eigenvalue weighted by Crippen LogP contribution is -2.32. The van der Waals surface area contributed by atoms with Gasteiger partial charge < -0.3 is 10.2 Å². The molecule has 0 radical (unpaired) electrons. The van der Waals surface area contributed by atoms with Crippen LogP contribution in [0.1, 0.15) is 19.4 Å². The number of rotatable bonds is 6. The van der Waals surface area contributed by atoms with Crippen LogP contribution in [0.25, 0.3) is 0 Å². The van der Waals surface area contributed by atoms with E-state index >= 15 is 0 Å². The van der Waals surface area contributed by atoms with E-state index in [-0.39, 0.29) is 0 Å². The van der Waals surface area contributed by atoms with Gasteiger partial charge in [0.2, 0.25) is 0 Å². The van der Waals surface area contributed by atoms with Crippen molar-refractivity contribution in [2.45, 2.75) is 26.4 Å². The van der Waals surface area contributed by atoms with Gasteiger partial charge in [0.1, 0.15) is 0 Å². The second-order valence-electron chi connectivity index (χ2n) is 4.20. The lowest BCUT2D eigenvalue weighted by atomic mass is 10.3. The quantitative estimate of drug-likeness (QED) is 0.822. The third-order valence-electron chi connectivity index (χ3n) is 2.21. The minimum Gasteiger partial charge on any atom is -0.313 e. The lowest BCUT2D eigenvalue weighted by molar-refractivity contribution is 0.320. The van der Waals surface area contributed by atoms with Crippen molar-refractivity contribution in [3.8, 4) is 0 Å². The van der Waals surface area contributed by atoms with E-state index in [9.17, 15) is 0 Å². The molecular formula is C11H18Br2N2S. The SMILES string of the molecule is CC(C)NCCN(C)Cc1cc(Br)sc1Br. The fourth-order valence-corrected chi connectivity index (χ4v) is 4.20. The summed E-state index contributed by atoms with van der Waals surface area (Å²) >= 11 is 8.82. The van der Waals surface area contributed by atoms with Gasteiger partial charge in [-0.05, 0) is 50.5 Å². The van der Waals surface area contributed by atoms with E-state index < -0.39 is 0 Å². The molecule has 16 heavy (non-hydrogen) atoms. The molecule has 0 unspecified atom stereocenters. The standard InChI is InChI=1S/C11H18Br2N2S/c1-8(2)14-4-5-15(3)7-9-6-10(12)16-11(9)13/h6,8,14H,4-5,7H2,1-3H3. The normalized spacial score (nSPS) is 11.7. The smallest absolute Gasteiger partial charge is 0.0755 e. The molecule has 0 saturated heterocycles. The Morgan fingerprint density at radius 3 is 2.62 bits per heavy atom. The first kappa shape index (κ1) is 14.6. The lowest BCUT2D eigenvalue weighted by Gasteiger charge is -2.17. The van der Waals surface area contributed by atoms with Crippen LogP contribution in [0.4, 0.5) is 0 Å². The second kappa shape index (κ2) is 7.11. The molecule has 1 aromatic heterocycles. The first-order valence-corrected chi connectivity index (χ1v) is 7.75. The molecule has 0 aliphatic heterocycles. The molecule has 5 heteroatoms. The summed E-state index contributed by atoms with van der Waals surface area (Å²) in [5.41, 5.74) is 1.35. The highest BCUT2D eigenvalue weighted by Gasteiger charge is 2.07. The van der Waals surface area contributed by atoms with Crippen LogP contribution < -0.4 is 5.32 Å². The van der Waals surface area contributed by atoms with E-state index in [1.165, 1.54) is 13.1 Å². The highest BCUT2D eigenvalue weighted by molar-refractivity contribution is 9.12. The van der Waals surface area contributed by atoms with Crippen molar-refractivity contribution in [3.05, 3.63) is 19.2 Å². The van der Waals surface area contributed by atoms with E-state index in [4.69, 9.17) is 0 Å². The van der Waals surface area contributed by atoms with Crippen LogP contribution in [0.5, 0.6) is 0 Å². The van der Waals surface area contributed by atoms with Gasteiger partial charge >= 0.3 is 0 Å². The van der Waals surface area contributed by atoms with Crippen molar-refractivity contribution >= 4 is 43.2 Å². The predicted octanol–water partition coefficient (Wildman–Crippen LogP) is 3.70. The van der Waals surface area contributed by atoms with Crippen LogP contribution in [-0.2, 0) is 6.54 Å². The fraction of sp³-hybridized carbons (Fsp3) is 0.636. The maximum absolute atomic E-state index is 3.58. The molecule has 0 bridgehead atoms. The van der Waals surface area contributed by atoms with Gasteiger partial charge in [-0.2, -0.15) is 0 Å². The Hall–Kier alpha value is 0.580. The van der Waals surface area contributed by atoms with Crippen LogP contribution in [0.3, 0.4) is 0 Å². The number of nitrogens with zero attached hydrogens (tertiary/aromatic N) is 1. The maximum atomic E-state index is 3.58. The fourth-order valence-electron chi connectivity index (χ4n) is 1.40. The molecule has 0 amide bonds. The van der Waals surface area contributed by atoms with Crippen molar-refractivity contribution in [1.82, 2.24) is 10.2 Å². The Bertz CT molecular complexity index is 326. The number of hydrogen-bond donors (Lipinski definition) is 1. The van der Waals surface area contributed by atoms with Crippen LogP contribution in [0, 0.1) is 0 Å². The second-order valence-corrected chi connectivity index (χ2v) is 7.95. The molecular weight excluding hydrogens is 352 g/mol. The topological polar surface area (TPSA) is 15.3 Å². The Balaban J connectivity index is 2.34. The number of nitrogens with one attached hydrogen (secondary N) is 1. The van der Waals surface area contributed by atoms with Crippen LogP contribution in [0.2, 0.25) is 0 Å². The van der Waals surface area contributed by atoms with Gasteiger partial charge in [-0.25, -0.2) is 0 Å². The Morgan fingerprint density at radius 2 is 2.12 bits per heavy atom. The average Bonchev–Trinajstić information content (AvgIpc) is 2.44. The van der Waals surface area contributed by atoms with Gasteiger partial charge in [0.25, 0.3) is 0 Å². The van der Waals surface area contributed by atoms with Gasteiger partial charge in [0.05, 0.1) is 7.57 Å². The molecule has 0 saturated carbocycles. The van der Waals surface area contributed by atoms with Crippen molar-refractivity contribution < 1.29 is 0 Å². The maximum Gasteiger partial charge on any atom is 0.0755 e. The highest BCUT2D eigenvalue weighted by Crippen LogP contribution is 2.32. The van der Waals surface area contributed by atoms with E-state index in [0.717, 1.165) is 19.6 Å². The highest BCUT2D eigenvalue weighted by atomic mass is 79.9. The Labute approximate surface area is 119 Å². The molecule has 0 aliphatic rings. The number of hydrogen-bond acceptors (Lipinski definition) is 3. The molecule has 1 rings (SSSR count). The number of thiophene rings is 1. The van der Waals surface area contributed by atoms with Crippen molar-refractivity contribution in [2.75, 3.05) is 20.1 Å². The molecule has 1 N–H and O–H groups in total. The van der Waals surface area contributed by atoms with Crippen LogP contribution in [0.15, 0.2) is 13.6 Å². The summed E-state index contributed by atoms with van der Waals surface area (Å²) in [4.78, 5) is 2.33. The zero-order valence-electron chi connectivity index (χ0n) is 9.89. The summed E-state index contributed by atoms with van der Waals surface area (Å²) in [5, 5.41) is 3.42. The average molecular weight is 370 g/mol. The summed E-state index contributed by atoms with van der Waals surface area (Å²) in [6.07, 6.45) is 0. The van der Waals surface area contributed by atoms with Gasteiger partial charge in [-0.3, -0.25) is 0 Å². The number of halogens is 2. The molecule has 0 fully saturated rings. The molecule has 1 heterocycles. The third kappa shape index (κ3) is 5.27.